The van der Waals surface area contributed by atoms with Gasteiger partial charge in [-0.15, -0.1) is 0 Å². The molecule has 0 fully saturated rings. The van der Waals surface area contributed by atoms with Crippen molar-refractivity contribution in [2.45, 2.75) is 12.1 Å². The van der Waals surface area contributed by atoms with Crippen LogP contribution in [0.4, 0.5) is 5.82 Å². The number of hydrogen-bond donors (Lipinski definition) is 2. The van der Waals surface area contributed by atoms with Gasteiger partial charge in [0.05, 0.1) is 6.54 Å². The SMILES string of the molecule is CNCC(=O)Nc1cc(C)nc(SC)n1. The summed E-state index contributed by atoms with van der Waals surface area (Å²) < 4.78 is 0. The number of carbonyl (C=O) groups is 1. The van der Waals surface area contributed by atoms with Gasteiger partial charge in [0.25, 0.3) is 0 Å². The molecule has 15 heavy (non-hydrogen) atoms. The van der Waals surface area contributed by atoms with E-state index >= 15 is 0 Å². The predicted octanol–water partition coefficient (Wildman–Crippen LogP) is 0.665. The van der Waals surface area contributed by atoms with E-state index in [9.17, 15) is 4.79 Å². The molecule has 1 aromatic heterocycles. The highest BCUT2D eigenvalue weighted by Gasteiger charge is 2.04. The molecule has 1 heterocycles. The van der Waals surface area contributed by atoms with Gasteiger partial charge >= 0.3 is 0 Å². The topological polar surface area (TPSA) is 66.9 Å². The number of aromatic nitrogens is 2. The molecule has 0 saturated carbocycles. The summed E-state index contributed by atoms with van der Waals surface area (Å²) in [6.07, 6.45) is 1.90. The lowest BCUT2D eigenvalue weighted by molar-refractivity contribution is -0.115. The highest BCUT2D eigenvalue weighted by molar-refractivity contribution is 7.98. The van der Waals surface area contributed by atoms with Crippen molar-refractivity contribution >= 4 is 23.5 Å². The first-order chi connectivity index (χ1) is 7.15. The van der Waals surface area contributed by atoms with Gasteiger partial charge in [-0.05, 0) is 20.2 Å². The summed E-state index contributed by atoms with van der Waals surface area (Å²) in [6.45, 7) is 2.15. The Morgan fingerprint density at radius 1 is 1.53 bits per heavy atom. The highest BCUT2D eigenvalue weighted by atomic mass is 32.2. The average Bonchev–Trinajstić information content (AvgIpc) is 2.17. The van der Waals surface area contributed by atoms with Crippen LogP contribution in [0, 0.1) is 6.92 Å². The molecular formula is C9H14N4OS. The van der Waals surface area contributed by atoms with E-state index in [0.717, 1.165) is 5.69 Å². The average molecular weight is 226 g/mol. The maximum Gasteiger partial charge on any atom is 0.239 e. The zero-order valence-corrected chi connectivity index (χ0v) is 9.81. The van der Waals surface area contributed by atoms with Crippen LogP contribution < -0.4 is 10.6 Å². The van der Waals surface area contributed by atoms with Crippen molar-refractivity contribution in [3.63, 3.8) is 0 Å². The maximum atomic E-state index is 11.3. The van der Waals surface area contributed by atoms with Crippen LogP contribution in [-0.2, 0) is 4.79 Å². The van der Waals surface area contributed by atoms with Crippen LogP contribution in [0.1, 0.15) is 5.69 Å². The van der Waals surface area contributed by atoms with Gasteiger partial charge in [0.15, 0.2) is 5.16 Å². The third-order valence-electron chi connectivity index (χ3n) is 1.62. The van der Waals surface area contributed by atoms with Crippen LogP contribution in [0.3, 0.4) is 0 Å². The Hall–Kier alpha value is -1.14. The molecule has 0 aliphatic rings. The van der Waals surface area contributed by atoms with Crippen molar-refractivity contribution in [1.82, 2.24) is 15.3 Å². The van der Waals surface area contributed by atoms with E-state index in [1.54, 1.807) is 13.1 Å². The Balaban J connectivity index is 2.76. The molecule has 82 valence electrons. The Morgan fingerprint density at radius 3 is 2.87 bits per heavy atom. The second kappa shape index (κ2) is 5.67. The molecule has 0 aromatic carbocycles. The smallest absolute Gasteiger partial charge is 0.239 e. The van der Waals surface area contributed by atoms with E-state index < -0.39 is 0 Å². The summed E-state index contributed by atoms with van der Waals surface area (Å²) in [5, 5.41) is 6.12. The summed E-state index contributed by atoms with van der Waals surface area (Å²) in [6, 6.07) is 1.74. The molecule has 1 rings (SSSR count). The number of nitrogens with one attached hydrogen (secondary N) is 2. The van der Waals surface area contributed by atoms with Crippen LogP contribution >= 0.6 is 11.8 Å². The molecule has 1 amide bonds. The molecule has 5 nitrogen and oxygen atoms in total. The minimum atomic E-state index is -0.109. The van der Waals surface area contributed by atoms with Crippen LogP contribution in [0.25, 0.3) is 0 Å². The van der Waals surface area contributed by atoms with Crippen molar-refractivity contribution in [2.24, 2.45) is 0 Å². The molecule has 0 aliphatic heterocycles. The summed E-state index contributed by atoms with van der Waals surface area (Å²) in [7, 11) is 1.72. The number of hydrogen-bond acceptors (Lipinski definition) is 5. The Kier molecular flexibility index (Phi) is 4.51. The molecule has 2 N–H and O–H groups in total. The molecule has 0 spiro atoms. The first-order valence-electron chi connectivity index (χ1n) is 4.50. The fourth-order valence-electron chi connectivity index (χ4n) is 1.04. The van der Waals surface area contributed by atoms with E-state index in [-0.39, 0.29) is 12.5 Å². The first-order valence-corrected chi connectivity index (χ1v) is 5.72. The van der Waals surface area contributed by atoms with E-state index in [2.05, 4.69) is 20.6 Å². The minimum Gasteiger partial charge on any atom is -0.311 e. The minimum absolute atomic E-state index is 0.109. The number of thioether (sulfide) groups is 1. The van der Waals surface area contributed by atoms with Gasteiger partial charge in [-0.2, -0.15) is 0 Å². The van der Waals surface area contributed by atoms with Gasteiger partial charge < -0.3 is 10.6 Å². The summed E-state index contributed by atoms with van der Waals surface area (Å²) >= 11 is 1.45. The number of anilines is 1. The van der Waals surface area contributed by atoms with E-state index in [0.29, 0.717) is 11.0 Å². The lowest BCUT2D eigenvalue weighted by Crippen LogP contribution is -2.25. The van der Waals surface area contributed by atoms with E-state index in [1.165, 1.54) is 11.8 Å². The van der Waals surface area contributed by atoms with E-state index in [1.807, 2.05) is 13.2 Å². The van der Waals surface area contributed by atoms with Crippen LogP contribution in [-0.4, -0.2) is 35.7 Å². The third-order valence-corrected chi connectivity index (χ3v) is 2.17. The standard InChI is InChI=1S/C9H14N4OS/c1-6-4-7(12-8(14)5-10-2)13-9(11-6)15-3/h4,10H,5H2,1-3H3,(H,11,12,13,14). The molecule has 0 radical (unpaired) electrons. The fourth-order valence-corrected chi connectivity index (χ4v) is 1.47. The summed E-state index contributed by atoms with van der Waals surface area (Å²) in [5.41, 5.74) is 0.842. The molecule has 0 aliphatic carbocycles. The van der Waals surface area contributed by atoms with Crippen molar-refractivity contribution in [1.29, 1.82) is 0 Å². The largest absolute Gasteiger partial charge is 0.311 e. The van der Waals surface area contributed by atoms with Gasteiger partial charge in [-0.3, -0.25) is 4.79 Å². The molecule has 0 unspecified atom stereocenters. The Morgan fingerprint density at radius 2 is 2.27 bits per heavy atom. The number of likely N-dealkylation sites (N-methyl/N-ethyl adjacent to an activating group) is 1. The van der Waals surface area contributed by atoms with Crippen LogP contribution in [0.5, 0.6) is 0 Å². The first kappa shape index (κ1) is 11.9. The summed E-state index contributed by atoms with van der Waals surface area (Å²) in [4.78, 5) is 19.6. The Labute approximate surface area is 93.1 Å². The zero-order chi connectivity index (χ0) is 11.3. The van der Waals surface area contributed by atoms with Gasteiger partial charge in [-0.25, -0.2) is 9.97 Å². The van der Waals surface area contributed by atoms with Crippen molar-refractivity contribution in [2.75, 3.05) is 25.2 Å². The van der Waals surface area contributed by atoms with Crippen molar-refractivity contribution < 1.29 is 4.79 Å². The molecule has 6 heteroatoms. The van der Waals surface area contributed by atoms with Crippen LogP contribution in [0.2, 0.25) is 0 Å². The number of rotatable bonds is 4. The second-order valence-electron chi connectivity index (χ2n) is 2.96. The van der Waals surface area contributed by atoms with E-state index in [4.69, 9.17) is 0 Å². The highest BCUT2D eigenvalue weighted by Crippen LogP contribution is 2.13. The second-order valence-corrected chi connectivity index (χ2v) is 3.73. The molecule has 0 atom stereocenters. The lowest BCUT2D eigenvalue weighted by atomic mass is 10.4. The van der Waals surface area contributed by atoms with Crippen LogP contribution in [0.15, 0.2) is 11.2 Å². The zero-order valence-electron chi connectivity index (χ0n) is 9.00. The normalized spacial score (nSPS) is 10.1. The monoisotopic (exact) mass is 226 g/mol. The van der Waals surface area contributed by atoms with Gasteiger partial charge in [0.2, 0.25) is 5.91 Å². The van der Waals surface area contributed by atoms with Crippen molar-refractivity contribution in [3.8, 4) is 0 Å². The summed E-state index contributed by atoms with van der Waals surface area (Å²) in [5.74, 6) is 0.440. The van der Waals surface area contributed by atoms with Gasteiger partial charge in [0, 0.05) is 11.8 Å². The van der Waals surface area contributed by atoms with Crippen molar-refractivity contribution in [3.05, 3.63) is 11.8 Å². The van der Waals surface area contributed by atoms with Gasteiger partial charge in [-0.1, -0.05) is 11.8 Å². The predicted molar refractivity (Wildman–Crippen MR) is 61.1 cm³/mol. The van der Waals surface area contributed by atoms with Gasteiger partial charge in [0.1, 0.15) is 5.82 Å². The number of nitrogens with zero attached hydrogens (tertiary/aromatic N) is 2. The molecule has 0 bridgehead atoms. The number of amides is 1. The molecule has 0 saturated heterocycles. The maximum absolute atomic E-state index is 11.3. The number of aryl methyl sites for hydroxylation is 1. The molecular weight excluding hydrogens is 212 g/mol. The quantitative estimate of drug-likeness (QED) is 0.583. The fraction of sp³-hybridized carbons (Fsp3) is 0.444. The Bertz CT molecular complexity index is 356. The third kappa shape index (κ3) is 3.85. The molecule has 1 aromatic rings. The lowest BCUT2D eigenvalue weighted by Gasteiger charge is -2.05. The number of carbonyl (C=O) groups excluding carboxylic acids is 1.